The molecule has 0 spiro atoms. The molecule has 3 heterocycles. The molecule has 0 aromatic carbocycles. The molecule has 0 amide bonds. The number of hydrogen-bond acceptors (Lipinski definition) is 2. The molecule has 2 heteroatoms. The molecule has 78 valence electrons. The van der Waals surface area contributed by atoms with Gasteiger partial charge in [0.15, 0.2) is 0 Å². The molecular formula is C12H20N2. The zero-order valence-corrected chi connectivity index (χ0v) is 9.08. The van der Waals surface area contributed by atoms with Crippen molar-refractivity contribution in [3.05, 3.63) is 0 Å². The summed E-state index contributed by atoms with van der Waals surface area (Å²) in [6, 6.07) is 0.870. The highest BCUT2D eigenvalue weighted by Crippen LogP contribution is 2.38. The first kappa shape index (κ1) is 8.90. The van der Waals surface area contributed by atoms with Crippen LogP contribution >= 0.6 is 0 Å². The second kappa shape index (κ2) is 3.34. The van der Waals surface area contributed by atoms with Gasteiger partial charge in [-0.15, -0.1) is 0 Å². The summed E-state index contributed by atoms with van der Waals surface area (Å²) in [6.07, 6.45) is 5.62. The third-order valence-electron chi connectivity index (χ3n) is 4.41. The Labute approximate surface area is 86.4 Å². The second-order valence-corrected chi connectivity index (χ2v) is 5.16. The Morgan fingerprint density at radius 2 is 2.00 bits per heavy atom. The monoisotopic (exact) mass is 192 g/mol. The van der Waals surface area contributed by atoms with E-state index < -0.39 is 0 Å². The maximum Gasteiger partial charge on any atom is 0.0432 e. The van der Waals surface area contributed by atoms with Gasteiger partial charge in [0.25, 0.3) is 0 Å². The van der Waals surface area contributed by atoms with Gasteiger partial charge in [-0.2, -0.15) is 0 Å². The molecular weight excluding hydrogens is 172 g/mol. The van der Waals surface area contributed by atoms with Crippen molar-refractivity contribution in [3.63, 3.8) is 0 Å². The van der Waals surface area contributed by atoms with Crippen LogP contribution in [0.4, 0.5) is 0 Å². The lowest BCUT2D eigenvalue weighted by Gasteiger charge is -2.50. The zero-order valence-electron chi connectivity index (χ0n) is 9.08. The molecule has 0 aliphatic carbocycles. The Morgan fingerprint density at radius 3 is 2.86 bits per heavy atom. The molecule has 3 rings (SSSR count). The summed E-state index contributed by atoms with van der Waals surface area (Å²) >= 11 is 0. The van der Waals surface area contributed by atoms with Gasteiger partial charge < -0.3 is 0 Å². The molecule has 0 saturated carbocycles. The Morgan fingerprint density at radius 1 is 1.21 bits per heavy atom. The SMILES string of the molecule is CC1=NC[C@@H]2CCCN3CCC[C@H]1[C@@H]23. The first-order chi connectivity index (χ1) is 6.86. The van der Waals surface area contributed by atoms with Gasteiger partial charge in [0, 0.05) is 24.2 Å². The summed E-state index contributed by atoms with van der Waals surface area (Å²) in [6.45, 7) is 6.07. The van der Waals surface area contributed by atoms with Crippen LogP contribution in [0.2, 0.25) is 0 Å². The van der Waals surface area contributed by atoms with E-state index >= 15 is 0 Å². The lowest BCUT2D eigenvalue weighted by molar-refractivity contribution is 0.0362. The van der Waals surface area contributed by atoms with Gasteiger partial charge in [-0.3, -0.25) is 9.89 Å². The molecule has 0 radical (unpaired) electrons. The first-order valence-electron chi connectivity index (χ1n) is 6.11. The van der Waals surface area contributed by atoms with Gasteiger partial charge >= 0.3 is 0 Å². The minimum atomic E-state index is 0.808. The van der Waals surface area contributed by atoms with Crippen LogP contribution < -0.4 is 0 Å². The number of piperidine rings is 2. The van der Waals surface area contributed by atoms with Crippen molar-refractivity contribution >= 4 is 5.71 Å². The predicted molar refractivity (Wildman–Crippen MR) is 58.8 cm³/mol. The van der Waals surface area contributed by atoms with Crippen LogP contribution in [0.25, 0.3) is 0 Å². The van der Waals surface area contributed by atoms with Gasteiger partial charge in [0.2, 0.25) is 0 Å². The fraction of sp³-hybridized carbons (Fsp3) is 0.917. The zero-order chi connectivity index (χ0) is 9.54. The first-order valence-corrected chi connectivity index (χ1v) is 6.11. The number of aliphatic imine (C=N–C) groups is 1. The second-order valence-electron chi connectivity index (χ2n) is 5.16. The standard InChI is InChI=1S/C12H20N2/c1-9-11-5-3-7-14-6-2-4-10(8-13-9)12(11)14/h10-12H,2-8H2,1H3/t10-,11+,12+/m0/s1. The van der Waals surface area contributed by atoms with Crippen molar-refractivity contribution in [1.82, 2.24) is 4.90 Å². The van der Waals surface area contributed by atoms with Crippen molar-refractivity contribution < 1.29 is 0 Å². The summed E-state index contributed by atoms with van der Waals surface area (Å²) in [4.78, 5) is 7.48. The number of nitrogens with zero attached hydrogens (tertiary/aromatic N) is 2. The Bertz CT molecular complexity index is 257. The van der Waals surface area contributed by atoms with Crippen molar-refractivity contribution in [2.45, 2.75) is 38.6 Å². The molecule has 3 atom stereocenters. The normalized spacial score (nSPS) is 42.9. The molecule has 0 unspecified atom stereocenters. The van der Waals surface area contributed by atoms with E-state index in [0.29, 0.717) is 0 Å². The summed E-state index contributed by atoms with van der Waals surface area (Å²) in [7, 11) is 0. The third-order valence-corrected chi connectivity index (χ3v) is 4.41. The lowest BCUT2D eigenvalue weighted by Crippen LogP contribution is -2.56. The maximum absolute atomic E-state index is 4.72. The summed E-state index contributed by atoms with van der Waals surface area (Å²) in [5.74, 6) is 1.69. The van der Waals surface area contributed by atoms with Gasteiger partial charge in [-0.25, -0.2) is 0 Å². The fourth-order valence-electron chi connectivity index (χ4n) is 3.74. The van der Waals surface area contributed by atoms with Crippen molar-refractivity contribution in [3.8, 4) is 0 Å². The van der Waals surface area contributed by atoms with Crippen LogP contribution in [0.1, 0.15) is 32.6 Å². The lowest BCUT2D eigenvalue weighted by atomic mass is 9.73. The highest BCUT2D eigenvalue weighted by Gasteiger charge is 2.42. The Hall–Kier alpha value is -0.370. The maximum atomic E-state index is 4.72. The molecule has 2 nitrogen and oxygen atoms in total. The predicted octanol–water partition coefficient (Wildman–Crippen LogP) is 1.95. The van der Waals surface area contributed by atoms with Gasteiger partial charge in [-0.1, -0.05) is 0 Å². The highest BCUT2D eigenvalue weighted by atomic mass is 15.2. The van der Waals surface area contributed by atoms with Crippen molar-refractivity contribution in [1.29, 1.82) is 0 Å². The largest absolute Gasteiger partial charge is 0.299 e. The van der Waals surface area contributed by atoms with E-state index in [1.807, 2.05) is 0 Å². The molecule has 0 aromatic rings. The molecule has 0 aromatic heterocycles. The molecule has 0 N–H and O–H groups in total. The van der Waals surface area contributed by atoms with Crippen LogP contribution in [0.3, 0.4) is 0 Å². The van der Waals surface area contributed by atoms with E-state index in [9.17, 15) is 0 Å². The van der Waals surface area contributed by atoms with Gasteiger partial charge in [-0.05, 0) is 51.6 Å². The van der Waals surface area contributed by atoms with Crippen LogP contribution in [0.15, 0.2) is 4.99 Å². The number of rotatable bonds is 0. The Balaban J connectivity index is 1.91. The average Bonchev–Trinajstić information content (AvgIpc) is 2.24. The average molecular weight is 192 g/mol. The Kier molecular flexibility index (Phi) is 2.12. The smallest absolute Gasteiger partial charge is 0.0432 e. The molecule has 14 heavy (non-hydrogen) atoms. The van der Waals surface area contributed by atoms with E-state index in [4.69, 9.17) is 4.99 Å². The molecule has 3 aliphatic rings. The van der Waals surface area contributed by atoms with Crippen molar-refractivity contribution in [2.75, 3.05) is 19.6 Å². The number of hydrogen-bond donors (Lipinski definition) is 0. The summed E-state index contributed by atoms with van der Waals surface area (Å²) in [5.41, 5.74) is 1.44. The molecule has 0 bridgehead atoms. The van der Waals surface area contributed by atoms with E-state index in [-0.39, 0.29) is 0 Å². The quantitative estimate of drug-likeness (QED) is 0.573. The topological polar surface area (TPSA) is 15.6 Å². The van der Waals surface area contributed by atoms with Gasteiger partial charge in [0.1, 0.15) is 0 Å². The van der Waals surface area contributed by atoms with Crippen molar-refractivity contribution in [2.24, 2.45) is 16.8 Å². The van der Waals surface area contributed by atoms with E-state index in [1.54, 1.807) is 0 Å². The molecule has 2 fully saturated rings. The van der Waals surface area contributed by atoms with Crippen LogP contribution in [0, 0.1) is 11.8 Å². The van der Waals surface area contributed by atoms with Crippen LogP contribution in [-0.2, 0) is 0 Å². The third kappa shape index (κ3) is 1.23. The molecule has 2 saturated heterocycles. The highest BCUT2D eigenvalue weighted by molar-refractivity contribution is 5.85. The summed E-state index contributed by atoms with van der Waals surface area (Å²) in [5, 5.41) is 0. The van der Waals surface area contributed by atoms with E-state index in [0.717, 1.165) is 24.4 Å². The summed E-state index contributed by atoms with van der Waals surface area (Å²) < 4.78 is 0. The van der Waals surface area contributed by atoms with E-state index in [2.05, 4.69) is 11.8 Å². The van der Waals surface area contributed by atoms with Crippen LogP contribution in [-0.4, -0.2) is 36.3 Å². The minimum absolute atomic E-state index is 0.808. The minimum Gasteiger partial charge on any atom is -0.299 e. The van der Waals surface area contributed by atoms with Gasteiger partial charge in [0.05, 0.1) is 0 Å². The van der Waals surface area contributed by atoms with Crippen LogP contribution in [0.5, 0.6) is 0 Å². The van der Waals surface area contributed by atoms with E-state index in [1.165, 1.54) is 44.5 Å². The fourth-order valence-corrected chi connectivity index (χ4v) is 3.74. The molecule has 3 aliphatic heterocycles.